The van der Waals surface area contributed by atoms with Crippen molar-refractivity contribution in [1.29, 1.82) is 0 Å². The van der Waals surface area contributed by atoms with Crippen LogP contribution in [-0.4, -0.2) is 48.0 Å². The lowest BCUT2D eigenvalue weighted by atomic mass is 10.1. The summed E-state index contributed by atoms with van der Waals surface area (Å²) < 4.78 is 9.61. The van der Waals surface area contributed by atoms with Crippen molar-refractivity contribution >= 4 is 21.9 Å². The first-order valence-electron chi connectivity index (χ1n) is 8.43. The van der Waals surface area contributed by atoms with Crippen molar-refractivity contribution in [1.82, 2.24) is 34.7 Å². The maximum atomic E-state index is 5.56. The van der Waals surface area contributed by atoms with Crippen LogP contribution in [0.4, 0.5) is 0 Å². The zero-order chi connectivity index (χ0) is 16.6. The molecule has 3 aromatic heterocycles. The number of pyridine rings is 1. The number of benzene rings is 1. The number of hydrogen-bond acceptors (Lipinski definition) is 6. The van der Waals surface area contributed by atoms with Gasteiger partial charge in [-0.05, 0) is 29.3 Å². The van der Waals surface area contributed by atoms with Gasteiger partial charge in [-0.25, -0.2) is 9.67 Å². The summed E-state index contributed by atoms with van der Waals surface area (Å²) in [5.41, 5.74) is 3.03. The maximum absolute atomic E-state index is 5.56. The summed E-state index contributed by atoms with van der Waals surface area (Å²) in [6.07, 6.45) is 5.43. The van der Waals surface area contributed by atoms with Crippen LogP contribution in [0.15, 0.2) is 36.8 Å². The minimum atomic E-state index is 0.357. The van der Waals surface area contributed by atoms with E-state index >= 15 is 0 Å². The third-order valence-electron chi connectivity index (χ3n) is 4.75. The van der Waals surface area contributed by atoms with Gasteiger partial charge in [-0.3, -0.25) is 4.98 Å². The molecule has 0 saturated carbocycles. The quantitative estimate of drug-likeness (QED) is 0.569. The molecule has 0 atom stereocenters. The topological polar surface area (TPSA) is 83.5 Å². The van der Waals surface area contributed by atoms with Crippen LogP contribution >= 0.6 is 0 Å². The van der Waals surface area contributed by atoms with Crippen molar-refractivity contribution in [3.8, 4) is 0 Å². The molecular formula is C17H17N7O. The summed E-state index contributed by atoms with van der Waals surface area (Å²) in [6.45, 7) is 2.09. The van der Waals surface area contributed by atoms with Crippen molar-refractivity contribution < 1.29 is 4.74 Å². The van der Waals surface area contributed by atoms with Crippen LogP contribution in [0.2, 0.25) is 0 Å². The van der Waals surface area contributed by atoms with Crippen molar-refractivity contribution in [2.75, 3.05) is 13.2 Å². The number of hydrogen-bond donors (Lipinski definition) is 0. The van der Waals surface area contributed by atoms with Gasteiger partial charge in [-0.2, -0.15) is 0 Å². The predicted octanol–water partition coefficient (Wildman–Crippen LogP) is 1.97. The lowest BCUT2D eigenvalue weighted by Gasteiger charge is -2.26. The van der Waals surface area contributed by atoms with Crippen LogP contribution in [0.1, 0.15) is 24.7 Å². The Kier molecular flexibility index (Phi) is 3.41. The zero-order valence-electron chi connectivity index (χ0n) is 13.6. The fourth-order valence-electron chi connectivity index (χ4n) is 3.62. The summed E-state index contributed by atoms with van der Waals surface area (Å²) in [6, 6.07) is 8.57. The Morgan fingerprint density at radius 2 is 2.00 bits per heavy atom. The van der Waals surface area contributed by atoms with Gasteiger partial charge < -0.3 is 9.30 Å². The number of tetrazole rings is 1. The molecule has 126 valence electrons. The number of ether oxygens (including phenoxy) is 1. The third kappa shape index (κ3) is 2.45. The van der Waals surface area contributed by atoms with Gasteiger partial charge in [0, 0.05) is 24.6 Å². The first-order valence-corrected chi connectivity index (χ1v) is 8.43. The average Bonchev–Trinajstić information content (AvgIpc) is 3.30. The van der Waals surface area contributed by atoms with Gasteiger partial charge in [-0.1, -0.05) is 18.2 Å². The molecule has 1 aromatic carbocycles. The molecule has 8 heteroatoms. The normalized spacial score (nSPS) is 16.0. The Balaban J connectivity index is 1.75. The molecule has 4 aromatic rings. The van der Waals surface area contributed by atoms with Gasteiger partial charge in [0.25, 0.3) is 0 Å². The molecule has 1 aliphatic heterocycles. The summed E-state index contributed by atoms with van der Waals surface area (Å²) in [7, 11) is 0. The fraction of sp³-hybridized carbons (Fsp3) is 0.353. The molecule has 0 aliphatic carbocycles. The Bertz CT molecular complexity index is 1020. The summed E-state index contributed by atoms with van der Waals surface area (Å²) in [4.78, 5) is 9.41. The lowest BCUT2D eigenvalue weighted by molar-refractivity contribution is 0.0698. The van der Waals surface area contributed by atoms with Crippen LogP contribution < -0.4 is 0 Å². The molecule has 0 unspecified atom stereocenters. The molecule has 0 amide bonds. The Morgan fingerprint density at radius 3 is 2.84 bits per heavy atom. The highest BCUT2D eigenvalue weighted by Gasteiger charge is 2.23. The van der Waals surface area contributed by atoms with E-state index in [0.717, 1.165) is 53.8 Å². The molecule has 0 radical (unpaired) electrons. The zero-order valence-corrected chi connectivity index (χ0v) is 13.6. The van der Waals surface area contributed by atoms with Gasteiger partial charge in [0.05, 0.1) is 17.2 Å². The SMILES string of the molecule is c1ccc2c(c1)ncc1nc(Cn3cnnn3)n(C3CCOCC3)c12. The van der Waals surface area contributed by atoms with Crippen LogP contribution in [0.25, 0.3) is 21.9 Å². The fourth-order valence-corrected chi connectivity index (χ4v) is 3.62. The van der Waals surface area contributed by atoms with Crippen molar-refractivity contribution in [3.63, 3.8) is 0 Å². The second-order valence-electron chi connectivity index (χ2n) is 6.26. The van der Waals surface area contributed by atoms with Crippen molar-refractivity contribution in [2.24, 2.45) is 0 Å². The first kappa shape index (κ1) is 14.5. The Hall–Kier alpha value is -2.87. The average molecular weight is 335 g/mol. The van der Waals surface area contributed by atoms with E-state index in [1.807, 2.05) is 24.4 Å². The van der Waals surface area contributed by atoms with E-state index in [0.29, 0.717) is 12.6 Å². The molecule has 0 bridgehead atoms. The number of imidazole rings is 1. The summed E-state index contributed by atoms with van der Waals surface area (Å²) in [5, 5.41) is 12.6. The smallest absolute Gasteiger partial charge is 0.138 e. The van der Waals surface area contributed by atoms with Gasteiger partial charge >= 0.3 is 0 Å². The monoisotopic (exact) mass is 335 g/mol. The molecule has 8 nitrogen and oxygen atoms in total. The number of para-hydroxylation sites is 1. The minimum absolute atomic E-state index is 0.357. The van der Waals surface area contributed by atoms with Gasteiger partial charge in [0.15, 0.2) is 0 Å². The van der Waals surface area contributed by atoms with Gasteiger partial charge in [0.1, 0.15) is 24.2 Å². The van der Waals surface area contributed by atoms with Crippen molar-refractivity contribution in [2.45, 2.75) is 25.4 Å². The summed E-state index contributed by atoms with van der Waals surface area (Å²) >= 11 is 0. The van der Waals surface area contributed by atoms with Crippen molar-refractivity contribution in [3.05, 3.63) is 42.6 Å². The highest BCUT2D eigenvalue weighted by molar-refractivity contribution is 6.02. The number of aromatic nitrogens is 7. The Labute approximate surface area is 143 Å². The van der Waals surface area contributed by atoms with Crippen LogP contribution in [-0.2, 0) is 11.3 Å². The molecular weight excluding hydrogens is 318 g/mol. The van der Waals surface area contributed by atoms with Gasteiger partial charge in [0.2, 0.25) is 0 Å². The summed E-state index contributed by atoms with van der Waals surface area (Å²) in [5.74, 6) is 0.951. The van der Waals surface area contributed by atoms with E-state index in [-0.39, 0.29) is 0 Å². The number of fused-ring (bicyclic) bond motifs is 3. The second kappa shape index (κ2) is 5.89. The van der Waals surface area contributed by atoms with Crippen LogP contribution in [0.5, 0.6) is 0 Å². The molecule has 5 rings (SSSR count). The molecule has 0 N–H and O–H groups in total. The van der Waals surface area contributed by atoms with E-state index < -0.39 is 0 Å². The van der Waals surface area contributed by atoms with Crippen LogP contribution in [0, 0.1) is 0 Å². The van der Waals surface area contributed by atoms with E-state index in [2.05, 4.69) is 31.1 Å². The molecule has 4 heterocycles. The highest BCUT2D eigenvalue weighted by Crippen LogP contribution is 2.32. The van der Waals surface area contributed by atoms with Gasteiger partial charge in [-0.15, -0.1) is 5.10 Å². The molecule has 1 fully saturated rings. The van der Waals surface area contributed by atoms with E-state index in [1.165, 1.54) is 0 Å². The van der Waals surface area contributed by atoms with Crippen LogP contribution in [0.3, 0.4) is 0 Å². The van der Waals surface area contributed by atoms with E-state index in [4.69, 9.17) is 9.72 Å². The second-order valence-corrected chi connectivity index (χ2v) is 6.26. The molecule has 1 saturated heterocycles. The van der Waals surface area contributed by atoms with E-state index in [9.17, 15) is 0 Å². The molecule has 25 heavy (non-hydrogen) atoms. The molecule has 1 aliphatic rings. The predicted molar refractivity (Wildman–Crippen MR) is 91.0 cm³/mol. The first-order chi connectivity index (χ1) is 12.4. The lowest BCUT2D eigenvalue weighted by Crippen LogP contribution is -2.22. The minimum Gasteiger partial charge on any atom is -0.381 e. The van der Waals surface area contributed by atoms with E-state index in [1.54, 1.807) is 11.0 Å². The standard InChI is InChI=1S/C17H17N7O/c1-2-4-14-13(3-1)17-15(9-18-14)20-16(10-23-11-19-21-22-23)24(17)12-5-7-25-8-6-12/h1-4,9,11-12H,5-8,10H2. The number of nitrogens with zero attached hydrogens (tertiary/aromatic N) is 7. The maximum Gasteiger partial charge on any atom is 0.138 e. The highest BCUT2D eigenvalue weighted by atomic mass is 16.5. The Morgan fingerprint density at radius 1 is 1.12 bits per heavy atom. The third-order valence-corrected chi connectivity index (χ3v) is 4.75. The number of rotatable bonds is 3. The largest absolute Gasteiger partial charge is 0.381 e. The molecule has 0 spiro atoms.